The summed E-state index contributed by atoms with van der Waals surface area (Å²) in [7, 11) is 0. The second kappa shape index (κ2) is 5.27. The molecule has 0 bridgehead atoms. The van der Waals surface area contributed by atoms with E-state index in [1.54, 1.807) is 10.7 Å². The fraction of sp³-hybridized carbons (Fsp3) is 0.150. The van der Waals surface area contributed by atoms with Crippen molar-refractivity contribution >= 4 is 21.7 Å². The number of nitrogens with zero attached hydrogens (tertiary/aromatic N) is 2. The highest BCUT2D eigenvalue weighted by atomic mass is 16.3. The average molecular weight is 318 g/mol. The Morgan fingerprint density at radius 3 is 2.17 bits per heavy atom. The van der Waals surface area contributed by atoms with Crippen LogP contribution in [0.25, 0.3) is 27.4 Å². The van der Waals surface area contributed by atoms with Crippen LogP contribution in [0.1, 0.15) is 19.9 Å². The molecule has 24 heavy (non-hydrogen) atoms. The van der Waals surface area contributed by atoms with Crippen molar-refractivity contribution in [3.63, 3.8) is 0 Å². The Labute approximate surface area is 139 Å². The highest BCUT2D eigenvalue weighted by Gasteiger charge is 2.20. The molecule has 0 spiro atoms. The monoisotopic (exact) mass is 318 g/mol. The lowest BCUT2D eigenvalue weighted by Crippen LogP contribution is -2.24. The predicted octanol–water partition coefficient (Wildman–Crippen LogP) is 4.23. The summed E-state index contributed by atoms with van der Waals surface area (Å²) in [5, 5.41) is 12.5. The van der Waals surface area contributed by atoms with E-state index in [-0.39, 0.29) is 17.4 Å². The predicted molar refractivity (Wildman–Crippen MR) is 97.1 cm³/mol. The zero-order valence-electron chi connectivity index (χ0n) is 13.6. The third-order valence-electron chi connectivity index (χ3n) is 4.35. The van der Waals surface area contributed by atoms with Crippen molar-refractivity contribution in [3.8, 4) is 11.4 Å². The fourth-order valence-electron chi connectivity index (χ4n) is 3.34. The number of phenols is 1. The first-order valence-electron chi connectivity index (χ1n) is 8.03. The van der Waals surface area contributed by atoms with Crippen LogP contribution in [0.5, 0.6) is 5.75 Å². The van der Waals surface area contributed by atoms with Gasteiger partial charge in [0.25, 0.3) is 5.56 Å². The van der Waals surface area contributed by atoms with E-state index in [1.165, 1.54) is 0 Å². The van der Waals surface area contributed by atoms with Crippen LogP contribution >= 0.6 is 0 Å². The third-order valence-corrected chi connectivity index (χ3v) is 4.35. The summed E-state index contributed by atoms with van der Waals surface area (Å²) in [5.74, 6) is 0.135. The molecule has 0 saturated carbocycles. The van der Waals surface area contributed by atoms with Crippen LogP contribution in [0.3, 0.4) is 0 Å². The number of rotatable bonds is 2. The van der Waals surface area contributed by atoms with Crippen LogP contribution in [0.4, 0.5) is 0 Å². The van der Waals surface area contributed by atoms with Gasteiger partial charge in [0.1, 0.15) is 5.75 Å². The van der Waals surface area contributed by atoms with Crippen molar-refractivity contribution in [2.75, 3.05) is 0 Å². The van der Waals surface area contributed by atoms with E-state index < -0.39 is 0 Å². The van der Waals surface area contributed by atoms with E-state index in [1.807, 2.05) is 73.1 Å². The zero-order valence-corrected chi connectivity index (χ0v) is 13.6. The molecule has 4 aromatic rings. The SMILES string of the molecule is CC(C)n1c(=O)c2cc(O)c3ccccc3c2n1-c1ccccc1. The lowest BCUT2D eigenvalue weighted by atomic mass is 10.1. The molecule has 0 unspecified atom stereocenters. The van der Waals surface area contributed by atoms with Crippen molar-refractivity contribution in [2.24, 2.45) is 0 Å². The molecule has 1 N–H and O–H groups in total. The van der Waals surface area contributed by atoms with E-state index in [4.69, 9.17) is 0 Å². The minimum atomic E-state index is -0.0927. The summed E-state index contributed by atoms with van der Waals surface area (Å²) in [6.45, 7) is 3.98. The van der Waals surface area contributed by atoms with Crippen LogP contribution in [0.2, 0.25) is 0 Å². The smallest absolute Gasteiger partial charge is 0.275 e. The van der Waals surface area contributed by atoms with Gasteiger partial charge in [0.15, 0.2) is 0 Å². The largest absolute Gasteiger partial charge is 0.507 e. The molecular weight excluding hydrogens is 300 g/mol. The van der Waals surface area contributed by atoms with Gasteiger partial charge in [-0.1, -0.05) is 42.5 Å². The van der Waals surface area contributed by atoms with Crippen LogP contribution in [-0.2, 0) is 0 Å². The zero-order chi connectivity index (χ0) is 16.8. The quantitative estimate of drug-likeness (QED) is 0.601. The van der Waals surface area contributed by atoms with E-state index in [9.17, 15) is 9.90 Å². The molecule has 0 fully saturated rings. The molecule has 1 aromatic heterocycles. The summed E-state index contributed by atoms with van der Waals surface area (Å²) < 4.78 is 3.70. The van der Waals surface area contributed by atoms with E-state index in [0.29, 0.717) is 5.39 Å². The van der Waals surface area contributed by atoms with Gasteiger partial charge >= 0.3 is 0 Å². The topological polar surface area (TPSA) is 47.2 Å². The Kier molecular flexibility index (Phi) is 3.20. The average Bonchev–Trinajstić information content (AvgIpc) is 2.89. The summed E-state index contributed by atoms with van der Waals surface area (Å²) in [4.78, 5) is 13.0. The van der Waals surface area contributed by atoms with E-state index >= 15 is 0 Å². The van der Waals surface area contributed by atoms with E-state index in [0.717, 1.165) is 22.0 Å². The minimum Gasteiger partial charge on any atom is -0.507 e. The second-order valence-electron chi connectivity index (χ2n) is 6.23. The van der Waals surface area contributed by atoms with Gasteiger partial charge in [-0.2, -0.15) is 0 Å². The Hall–Kier alpha value is -3.01. The maximum Gasteiger partial charge on any atom is 0.275 e. The first-order chi connectivity index (χ1) is 11.6. The Balaban J connectivity index is 2.30. The normalized spacial score (nSPS) is 11.6. The van der Waals surface area contributed by atoms with Crippen LogP contribution in [-0.4, -0.2) is 14.5 Å². The number of aromatic nitrogens is 2. The standard InChI is InChI=1S/C20H18N2O2/c1-13(2)21-20(24)17-12-18(23)15-10-6-7-11-16(15)19(17)22(21)14-8-4-3-5-9-14/h3-13,23H,1-2H3. The first kappa shape index (κ1) is 14.6. The van der Waals surface area contributed by atoms with Crippen molar-refractivity contribution < 1.29 is 5.11 Å². The van der Waals surface area contributed by atoms with Crippen molar-refractivity contribution in [1.29, 1.82) is 0 Å². The molecule has 1 heterocycles. The van der Waals surface area contributed by atoms with Gasteiger partial charge in [0, 0.05) is 16.8 Å². The van der Waals surface area contributed by atoms with Gasteiger partial charge in [0.05, 0.1) is 16.6 Å². The summed E-state index contributed by atoms with van der Waals surface area (Å²) in [6.07, 6.45) is 0. The molecule has 4 rings (SSSR count). The van der Waals surface area contributed by atoms with Crippen LogP contribution in [0, 0.1) is 0 Å². The van der Waals surface area contributed by atoms with Crippen LogP contribution in [0.15, 0.2) is 65.5 Å². The molecule has 0 saturated heterocycles. The molecular formula is C20H18N2O2. The molecule has 0 amide bonds. The highest BCUT2D eigenvalue weighted by Crippen LogP contribution is 2.33. The van der Waals surface area contributed by atoms with Gasteiger partial charge in [-0.25, -0.2) is 9.36 Å². The molecule has 3 aromatic carbocycles. The number of phenolic OH excluding ortho intramolecular Hbond substituents is 1. The fourth-order valence-corrected chi connectivity index (χ4v) is 3.34. The third kappa shape index (κ3) is 1.96. The molecule has 4 nitrogen and oxygen atoms in total. The molecule has 0 aliphatic rings. The Bertz CT molecular complexity index is 1110. The lowest BCUT2D eigenvalue weighted by molar-refractivity contribution is 0.477. The lowest BCUT2D eigenvalue weighted by Gasteiger charge is -2.16. The molecule has 0 radical (unpaired) electrons. The second-order valence-corrected chi connectivity index (χ2v) is 6.23. The molecule has 120 valence electrons. The first-order valence-corrected chi connectivity index (χ1v) is 8.03. The van der Waals surface area contributed by atoms with Gasteiger partial charge in [0.2, 0.25) is 0 Å². The number of hydrogen-bond donors (Lipinski definition) is 1. The number of para-hydroxylation sites is 1. The van der Waals surface area contributed by atoms with Crippen LogP contribution < -0.4 is 5.56 Å². The summed E-state index contributed by atoms with van der Waals surface area (Å²) in [5.41, 5.74) is 1.66. The molecule has 4 heteroatoms. The maximum absolute atomic E-state index is 13.0. The summed E-state index contributed by atoms with van der Waals surface area (Å²) in [6, 6.07) is 19.0. The van der Waals surface area contributed by atoms with Gasteiger partial charge < -0.3 is 5.11 Å². The maximum atomic E-state index is 13.0. The molecule has 0 atom stereocenters. The van der Waals surface area contributed by atoms with Gasteiger partial charge in [-0.3, -0.25) is 4.79 Å². The Morgan fingerprint density at radius 1 is 0.875 bits per heavy atom. The van der Waals surface area contributed by atoms with Gasteiger partial charge in [-0.05, 0) is 32.0 Å². The number of aromatic hydroxyl groups is 1. The number of fused-ring (bicyclic) bond motifs is 3. The number of hydrogen-bond acceptors (Lipinski definition) is 2. The van der Waals surface area contributed by atoms with Crippen molar-refractivity contribution in [3.05, 3.63) is 71.0 Å². The van der Waals surface area contributed by atoms with Crippen molar-refractivity contribution in [2.45, 2.75) is 19.9 Å². The minimum absolute atomic E-state index is 0.00832. The van der Waals surface area contributed by atoms with E-state index in [2.05, 4.69) is 0 Å². The molecule has 0 aliphatic heterocycles. The highest BCUT2D eigenvalue weighted by molar-refractivity contribution is 6.08. The molecule has 0 aliphatic carbocycles. The summed E-state index contributed by atoms with van der Waals surface area (Å²) >= 11 is 0. The Morgan fingerprint density at radius 2 is 1.50 bits per heavy atom. The van der Waals surface area contributed by atoms with Gasteiger partial charge in [-0.15, -0.1) is 0 Å². The van der Waals surface area contributed by atoms with Crippen molar-refractivity contribution in [1.82, 2.24) is 9.36 Å². The number of benzene rings is 3.